The molecule has 0 saturated heterocycles. The van der Waals surface area contributed by atoms with Crippen LogP contribution in [0.2, 0.25) is 0 Å². The van der Waals surface area contributed by atoms with Gasteiger partial charge in [-0.1, -0.05) is 19.9 Å². The predicted octanol–water partition coefficient (Wildman–Crippen LogP) is 2.61. The van der Waals surface area contributed by atoms with Gasteiger partial charge in [-0.05, 0) is 30.0 Å². The third kappa shape index (κ3) is 2.96. The van der Waals surface area contributed by atoms with Crippen molar-refractivity contribution in [1.82, 2.24) is 5.32 Å². The zero-order valence-electron chi connectivity index (χ0n) is 12.7. The van der Waals surface area contributed by atoms with E-state index in [1.807, 2.05) is 6.92 Å². The van der Waals surface area contributed by atoms with Crippen LogP contribution >= 0.6 is 0 Å². The molecule has 2 rings (SSSR count). The van der Waals surface area contributed by atoms with Gasteiger partial charge in [0.2, 0.25) is 5.91 Å². The molecule has 1 aliphatic rings. The lowest BCUT2D eigenvalue weighted by Crippen LogP contribution is -2.31. The molecule has 2 unspecified atom stereocenters. The second kappa shape index (κ2) is 5.83. The number of nitrogens with two attached hydrogens (primary N) is 1. The zero-order chi connectivity index (χ0) is 14.9. The van der Waals surface area contributed by atoms with Crippen molar-refractivity contribution >= 4 is 5.91 Å². The van der Waals surface area contributed by atoms with Crippen LogP contribution in [0.15, 0.2) is 12.1 Å². The van der Waals surface area contributed by atoms with E-state index in [-0.39, 0.29) is 18.0 Å². The van der Waals surface area contributed by atoms with Gasteiger partial charge in [-0.2, -0.15) is 0 Å². The maximum absolute atomic E-state index is 11.4. The Kier molecular flexibility index (Phi) is 4.33. The summed E-state index contributed by atoms with van der Waals surface area (Å²) in [5.41, 5.74) is 9.51. The summed E-state index contributed by atoms with van der Waals surface area (Å²) in [6.07, 6.45) is 0.798. The number of carbonyl (C=O) groups is 1. The number of amides is 1. The first-order valence-electron chi connectivity index (χ1n) is 7.20. The summed E-state index contributed by atoms with van der Waals surface area (Å²) >= 11 is 0. The average Bonchev–Trinajstić information content (AvgIpc) is 2.38. The van der Waals surface area contributed by atoms with E-state index in [2.05, 4.69) is 31.3 Å². The van der Waals surface area contributed by atoms with E-state index in [1.165, 1.54) is 0 Å². The van der Waals surface area contributed by atoms with Crippen LogP contribution in [-0.4, -0.2) is 12.5 Å². The largest absolute Gasteiger partial charge is 0.493 e. The third-order valence-corrected chi connectivity index (χ3v) is 3.83. The second-order valence-electron chi connectivity index (χ2n) is 5.92. The highest BCUT2D eigenvalue weighted by molar-refractivity contribution is 5.73. The smallest absolute Gasteiger partial charge is 0.217 e. The highest BCUT2D eigenvalue weighted by atomic mass is 16.5. The first-order chi connectivity index (χ1) is 9.40. The standard InChI is InChI=1S/C16H24N2O2/c1-9(2)15(17)12-7-10(3)16-13(8-12)14(5-6-20-16)18-11(4)19/h7-9,14-15H,5-6,17H2,1-4H3,(H,18,19). The SMILES string of the molecule is CC(=O)NC1CCOc2c(C)cc(C(N)C(C)C)cc21. The first kappa shape index (κ1) is 14.9. The van der Waals surface area contributed by atoms with Gasteiger partial charge >= 0.3 is 0 Å². The predicted molar refractivity (Wildman–Crippen MR) is 79.6 cm³/mol. The lowest BCUT2D eigenvalue weighted by atomic mass is 9.90. The minimum Gasteiger partial charge on any atom is -0.493 e. The van der Waals surface area contributed by atoms with E-state index in [9.17, 15) is 4.79 Å². The fourth-order valence-electron chi connectivity index (χ4n) is 2.69. The fraction of sp³-hybridized carbons (Fsp3) is 0.562. The molecule has 0 spiro atoms. The number of hydrogen-bond donors (Lipinski definition) is 2. The molecule has 0 saturated carbocycles. The van der Waals surface area contributed by atoms with Crippen LogP contribution < -0.4 is 15.8 Å². The minimum absolute atomic E-state index is 0.00101. The lowest BCUT2D eigenvalue weighted by Gasteiger charge is -2.29. The van der Waals surface area contributed by atoms with Crippen LogP contribution in [0.25, 0.3) is 0 Å². The van der Waals surface area contributed by atoms with Crippen LogP contribution in [0.1, 0.15) is 56.0 Å². The number of ether oxygens (including phenoxy) is 1. The lowest BCUT2D eigenvalue weighted by molar-refractivity contribution is -0.119. The Labute approximate surface area is 120 Å². The summed E-state index contributed by atoms with van der Waals surface area (Å²) in [6.45, 7) is 8.44. The van der Waals surface area contributed by atoms with Crippen molar-refractivity contribution in [3.63, 3.8) is 0 Å². The van der Waals surface area contributed by atoms with Crippen LogP contribution in [0.4, 0.5) is 0 Å². The van der Waals surface area contributed by atoms with Gasteiger partial charge in [0.05, 0.1) is 12.6 Å². The number of benzene rings is 1. The highest BCUT2D eigenvalue weighted by Crippen LogP contribution is 2.37. The van der Waals surface area contributed by atoms with E-state index in [0.29, 0.717) is 12.5 Å². The summed E-state index contributed by atoms with van der Waals surface area (Å²) < 4.78 is 5.77. The van der Waals surface area contributed by atoms with Gasteiger partial charge in [-0.15, -0.1) is 0 Å². The highest BCUT2D eigenvalue weighted by Gasteiger charge is 2.25. The number of fused-ring (bicyclic) bond motifs is 1. The summed E-state index contributed by atoms with van der Waals surface area (Å²) in [5.74, 6) is 1.25. The summed E-state index contributed by atoms with van der Waals surface area (Å²) in [4.78, 5) is 11.4. The third-order valence-electron chi connectivity index (χ3n) is 3.83. The fourth-order valence-corrected chi connectivity index (χ4v) is 2.69. The van der Waals surface area contributed by atoms with Crippen molar-refractivity contribution < 1.29 is 9.53 Å². The number of nitrogens with one attached hydrogen (secondary N) is 1. The Bertz CT molecular complexity index is 511. The molecule has 110 valence electrons. The van der Waals surface area contributed by atoms with Crippen molar-refractivity contribution in [2.45, 2.75) is 46.2 Å². The topological polar surface area (TPSA) is 64.3 Å². The van der Waals surface area contributed by atoms with Gasteiger partial charge in [-0.3, -0.25) is 4.79 Å². The Morgan fingerprint density at radius 1 is 1.45 bits per heavy atom. The summed E-state index contributed by atoms with van der Waals surface area (Å²) in [6, 6.07) is 4.21. The van der Waals surface area contributed by atoms with Crippen molar-refractivity contribution in [1.29, 1.82) is 0 Å². The molecule has 0 aliphatic carbocycles. The molecule has 4 nitrogen and oxygen atoms in total. The molecule has 0 bridgehead atoms. The molecule has 2 atom stereocenters. The van der Waals surface area contributed by atoms with Crippen LogP contribution in [0.3, 0.4) is 0 Å². The Balaban J connectivity index is 2.42. The molecule has 1 aliphatic heterocycles. The number of hydrogen-bond acceptors (Lipinski definition) is 3. The average molecular weight is 276 g/mol. The molecule has 0 radical (unpaired) electrons. The zero-order valence-corrected chi connectivity index (χ0v) is 12.7. The van der Waals surface area contributed by atoms with E-state index in [0.717, 1.165) is 28.9 Å². The van der Waals surface area contributed by atoms with Gasteiger partial charge < -0.3 is 15.8 Å². The van der Waals surface area contributed by atoms with Gasteiger partial charge in [0.1, 0.15) is 5.75 Å². The normalized spacial score (nSPS) is 19.2. The van der Waals surface area contributed by atoms with Crippen LogP contribution in [0, 0.1) is 12.8 Å². The maximum Gasteiger partial charge on any atom is 0.217 e. The van der Waals surface area contributed by atoms with Gasteiger partial charge in [0.15, 0.2) is 0 Å². The van der Waals surface area contributed by atoms with E-state index >= 15 is 0 Å². The first-order valence-corrected chi connectivity index (χ1v) is 7.20. The summed E-state index contributed by atoms with van der Waals surface area (Å²) in [7, 11) is 0. The van der Waals surface area contributed by atoms with Crippen LogP contribution in [0.5, 0.6) is 5.75 Å². The van der Waals surface area contributed by atoms with Crippen molar-refractivity contribution in [3.05, 3.63) is 28.8 Å². The van der Waals surface area contributed by atoms with Gasteiger partial charge in [0, 0.05) is 24.9 Å². The number of carbonyl (C=O) groups excluding carboxylic acids is 1. The second-order valence-corrected chi connectivity index (χ2v) is 5.92. The van der Waals surface area contributed by atoms with Gasteiger partial charge in [-0.25, -0.2) is 0 Å². The maximum atomic E-state index is 11.4. The molecule has 0 fully saturated rings. The van der Waals surface area contributed by atoms with Crippen LogP contribution in [-0.2, 0) is 4.79 Å². The molecular weight excluding hydrogens is 252 g/mol. The molecule has 20 heavy (non-hydrogen) atoms. The quantitative estimate of drug-likeness (QED) is 0.892. The Morgan fingerprint density at radius 3 is 2.75 bits per heavy atom. The molecule has 3 N–H and O–H groups in total. The molecule has 0 aromatic heterocycles. The van der Waals surface area contributed by atoms with Gasteiger partial charge in [0.25, 0.3) is 0 Å². The number of rotatable bonds is 3. The molecule has 1 aromatic carbocycles. The van der Waals surface area contributed by atoms with E-state index < -0.39 is 0 Å². The molecule has 1 amide bonds. The molecule has 4 heteroatoms. The van der Waals surface area contributed by atoms with E-state index in [1.54, 1.807) is 6.92 Å². The minimum atomic E-state index is -0.0148. The molecule has 1 heterocycles. The molecular formula is C16H24N2O2. The Morgan fingerprint density at radius 2 is 2.15 bits per heavy atom. The van der Waals surface area contributed by atoms with Crippen molar-refractivity contribution in [2.75, 3.05) is 6.61 Å². The van der Waals surface area contributed by atoms with Crippen molar-refractivity contribution in [3.8, 4) is 5.75 Å². The summed E-state index contributed by atoms with van der Waals surface area (Å²) in [5, 5.41) is 3.00. The van der Waals surface area contributed by atoms with E-state index in [4.69, 9.17) is 10.5 Å². The van der Waals surface area contributed by atoms with Crippen molar-refractivity contribution in [2.24, 2.45) is 11.7 Å². The number of aryl methyl sites for hydroxylation is 1. The Hall–Kier alpha value is -1.55. The molecule has 1 aromatic rings. The monoisotopic (exact) mass is 276 g/mol.